The monoisotopic (exact) mass is 513 g/mol. The van der Waals surface area contributed by atoms with E-state index in [1.165, 1.54) is 0 Å². The minimum absolute atomic E-state index is 0.0718. The standard InChI is InChI=1S/C27H36ClN5O3/c1-5-6-7-14-32-23(31-15-8-9-21(31)17-29-26(35)36-27(2,3)4)16-24(34)33-18-22(30-25(32)33)19-10-12-20(28)13-11-19/h10-13,16,18,21H,5-9,14-15,17H2,1-4H3,(H,29,35). The zero-order valence-corrected chi connectivity index (χ0v) is 22.3. The number of imidazole rings is 1. The van der Waals surface area contributed by atoms with Gasteiger partial charge in [0.15, 0.2) is 0 Å². The van der Waals surface area contributed by atoms with E-state index in [1.54, 1.807) is 16.7 Å². The van der Waals surface area contributed by atoms with Crippen LogP contribution in [0, 0.1) is 0 Å². The van der Waals surface area contributed by atoms with Crippen LogP contribution >= 0.6 is 11.6 Å². The van der Waals surface area contributed by atoms with Gasteiger partial charge in [-0.2, -0.15) is 0 Å². The molecule has 4 rings (SSSR count). The quantitative estimate of drug-likeness (QED) is 0.402. The molecule has 36 heavy (non-hydrogen) atoms. The van der Waals surface area contributed by atoms with Crippen molar-refractivity contribution in [1.82, 2.24) is 19.3 Å². The molecule has 1 atom stereocenters. The van der Waals surface area contributed by atoms with Gasteiger partial charge in [0.25, 0.3) is 5.56 Å². The fourth-order valence-electron chi connectivity index (χ4n) is 4.68. The number of anilines is 1. The molecule has 1 aromatic carbocycles. The van der Waals surface area contributed by atoms with E-state index in [0.29, 0.717) is 17.3 Å². The number of nitrogens with one attached hydrogen (secondary N) is 1. The van der Waals surface area contributed by atoms with Gasteiger partial charge in [-0.3, -0.25) is 13.8 Å². The molecule has 9 heteroatoms. The first-order valence-electron chi connectivity index (χ1n) is 12.8. The number of hydrogen-bond donors (Lipinski definition) is 1. The summed E-state index contributed by atoms with van der Waals surface area (Å²) in [5, 5.41) is 3.57. The molecule has 0 radical (unpaired) electrons. The maximum atomic E-state index is 13.2. The summed E-state index contributed by atoms with van der Waals surface area (Å²) in [7, 11) is 0. The van der Waals surface area contributed by atoms with Crippen LogP contribution in [0.1, 0.15) is 59.8 Å². The number of unbranched alkanes of at least 4 members (excludes halogenated alkanes) is 2. The number of ether oxygens (including phenoxy) is 1. The first-order valence-corrected chi connectivity index (χ1v) is 13.2. The second-order valence-electron chi connectivity index (χ2n) is 10.4. The largest absolute Gasteiger partial charge is 0.444 e. The summed E-state index contributed by atoms with van der Waals surface area (Å²) in [6.45, 7) is 9.74. The van der Waals surface area contributed by atoms with Gasteiger partial charge in [0, 0.05) is 48.5 Å². The van der Waals surface area contributed by atoms with Gasteiger partial charge in [-0.05, 0) is 52.2 Å². The van der Waals surface area contributed by atoms with Crippen molar-refractivity contribution in [3.05, 3.63) is 51.9 Å². The van der Waals surface area contributed by atoms with E-state index in [1.807, 2.05) is 45.0 Å². The van der Waals surface area contributed by atoms with Crippen LogP contribution in [0.2, 0.25) is 5.02 Å². The fraction of sp³-hybridized carbons (Fsp3) is 0.519. The van der Waals surface area contributed by atoms with E-state index in [9.17, 15) is 9.59 Å². The molecule has 8 nitrogen and oxygen atoms in total. The third-order valence-corrected chi connectivity index (χ3v) is 6.62. The number of carbonyl (C=O) groups is 1. The number of nitrogens with zero attached hydrogens (tertiary/aromatic N) is 4. The van der Waals surface area contributed by atoms with Crippen LogP contribution in [-0.4, -0.2) is 44.8 Å². The molecule has 1 saturated heterocycles. The van der Waals surface area contributed by atoms with Crippen molar-refractivity contribution in [3.63, 3.8) is 0 Å². The number of carbonyl (C=O) groups excluding carboxylic acids is 1. The van der Waals surface area contributed by atoms with Crippen molar-refractivity contribution in [2.24, 2.45) is 0 Å². The number of aryl methyl sites for hydroxylation is 1. The Morgan fingerprint density at radius 2 is 1.97 bits per heavy atom. The molecule has 2 aromatic heterocycles. The first-order chi connectivity index (χ1) is 17.2. The molecule has 0 bridgehead atoms. The molecule has 1 fully saturated rings. The molecule has 0 saturated carbocycles. The SMILES string of the molecule is CCCCCn1c(N2CCCC2CNC(=O)OC(C)(C)C)cc(=O)n2cc(-c3ccc(Cl)cc3)nc12. The molecule has 3 aromatic rings. The Balaban J connectivity index is 1.68. The van der Waals surface area contributed by atoms with Crippen LogP contribution < -0.4 is 15.8 Å². The second-order valence-corrected chi connectivity index (χ2v) is 10.8. The Labute approximate surface area is 217 Å². The molecule has 194 valence electrons. The highest BCUT2D eigenvalue weighted by atomic mass is 35.5. The van der Waals surface area contributed by atoms with Gasteiger partial charge in [-0.1, -0.05) is 43.5 Å². The number of alkyl carbamates (subject to hydrolysis) is 1. The lowest BCUT2D eigenvalue weighted by Crippen LogP contribution is -2.43. The van der Waals surface area contributed by atoms with Gasteiger partial charge < -0.3 is 15.0 Å². The smallest absolute Gasteiger partial charge is 0.407 e. The maximum absolute atomic E-state index is 13.2. The van der Waals surface area contributed by atoms with Crippen molar-refractivity contribution >= 4 is 29.3 Å². The molecular formula is C27H36ClN5O3. The van der Waals surface area contributed by atoms with Crippen LogP contribution in [0.4, 0.5) is 10.6 Å². The predicted octanol–water partition coefficient (Wildman–Crippen LogP) is 5.50. The summed E-state index contributed by atoms with van der Waals surface area (Å²) in [6.07, 6.45) is 6.46. The molecule has 0 aliphatic carbocycles. The summed E-state index contributed by atoms with van der Waals surface area (Å²) >= 11 is 6.06. The third-order valence-electron chi connectivity index (χ3n) is 6.37. The molecule has 3 heterocycles. The van der Waals surface area contributed by atoms with E-state index < -0.39 is 11.7 Å². The summed E-state index contributed by atoms with van der Waals surface area (Å²) < 4.78 is 9.19. The van der Waals surface area contributed by atoms with Crippen molar-refractivity contribution in [3.8, 4) is 11.3 Å². The summed E-state index contributed by atoms with van der Waals surface area (Å²) in [6, 6.07) is 9.25. The Morgan fingerprint density at radius 1 is 1.22 bits per heavy atom. The van der Waals surface area contributed by atoms with Gasteiger partial charge in [0.2, 0.25) is 5.78 Å². The Bertz CT molecular complexity index is 1260. The number of amides is 1. The molecule has 0 spiro atoms. The first kappa shape index (κ1) is 26.1. The average Bonchev–Trinajstić information content (AvgIpc) is 3.46. The fourth-order valence-corrected chi connectivity index (χ4v) is 4.81. The number of halogens is 1. The van der Waals surface area contributed by atoms with Crippen LogP contribution in [0.5, 0.6) is 0 Å². The molecule has 1 aliphatic heterocycles. The zero-order chi connectivity index (χ0) is 25.9. The van der Waals surface area contributed by atoms with Gasteiger partial charge in [0.05, 0.1) is 5.69 Å². The van der Waals surface area contributed by atoms with Gasteiger partial charge in [-0.25, -0.2) is 9.78 Å². The number of aromatic nitrogens is 3. The van der Waals surface area contributed by atoms with Gasteiger partial charge >= 0.3 is 6.09 Å². The van der Waals surface area contributed by atoms with E-state index in [2.05, 4.69) is 21.7 Å². The molecule has 1 unspecified atom stereocenters. The van der Waals surface area contributed by atoms with Crippen molar-refractivity contribution in [2.45, 2.75) is 78.0 Å². The highest BCUT2D eigenvalue weighted by molar-refractivity contribution is 6.30. The molecular weight excluding hydrogens is 478 g/mol. The van der Waals surface area contributed by atoms with Crippen molar-refractivity contribution in [2.75, 3.05) is 18.0 Å². The highest BCUT2D eigenvalue weighted by Crippen LogP contribution is 2.28. The van der Waals surface area contributed by atoms with Gasteiger partial charge in [-0.15, -0.1) is 0 Å². The lowest BCUT2D eigenvalue weighted by atomic mass is 10.2. The lowest BCUT2D eigenvalue weighted by molar-refractivity contribution is 0.0525. The minimum atomic E-state index is -0.549. The molecule has 1 aliphatic rings. The number of fused-ring (bicyclic) bond motifs is 1. The Hall–Kier alpha value is -3.00. The number of benzene rings is 1. The predicted molar refractivity (Wildman–Crippen MR) is 144 cm³/mol. The second kappa shape index (κ2) is 10.9. The van der Waals surface area contributed by atoms with Crippen LogP contribution in [0.3, 0.4) is 0 Å². The van der Waals surface area contributed by atoms with Crippen molar-refractivity contribution < 1.29 is 9.53 Å². The van der Waals surface area contributed by atoms with Crippen LogP contribution in [0.25, 0.3) is 17.0 Å². The lowest BCUT2D eigenvalue weighted by Gasteiger charge is -2.30. The number of hydrogen-bond acceptors (Lipinski definition) is 5. The normalized spacial score (nSPS) is 16.0. The Morgan fingerprint density at radius 3 is 2.67 bits per heavy atom. The summed E-state index contributed by atoms with van der Waals surface area (Å²) in [4.78, 5) is 32.6. The summed E-state index contributed by atoms with van der Waals surface area (Å²) in [5.74, 6) is 1.48. The van der Waals surface area contributed by atoms with E-state index in [4.69, 9.17) is 21.3 Å². The zero-order valence-electron chi connectivity index (χ0n) is 21.6. The Kier molecular flexibility index (Phi) is 7.93. The topological polar surface area (TPSA) is 80.9 Å². The summed E-state index contributed by atoms with van der Waals surface area (Å²) in [5.41, 5.74) is 0.969. The highest BCUT2D eigenvalue weighted by Gasteiger charge is 2.29. The third kappa shape index (κ3) is 6.03. The number of rotatable bonds is 8. The van der Waals surface area contributed by atoms with Crippen molar-refractivity contribution in [1.29, 1.82) is 0 Å². The van der Waals surface area contributed by atoms with E-state index in [-0.39, 0.29) is 11.6 Å². The maximum Gasteiger partial charge on any atom is 0.407 e. The van der Waals surface area contributed by atoms with Gasteiger partial charge in [0.1, 0.15) is 11.4 Å². The van der Waals surface area contributed by atoms with Crippen LogP contribution in [-0.2, 0) is 11.3 Å². The van der Waals surface area contributed by atoms with Crippen LogP contribution in [0.15, 0.2) is 41.3 Å². The average molecular weight is 514 g/mol. The minimum Gasteiger partial charge on any atom is -0.444 e. The molecule has 1 N–H and O–H groups in total. The van der Waals surface area contributed by atoms with E-state index in [0.717, 1.165) is 62.3 Å². The van der Waals surface area contributed by atoms with E-state index >= 15 is 0 Å². The molecule has 1 amide bonds.